The number of ether oxygens (including phenoxy) is 2. The summed E-state index contributed by atoms with van der Waals surface area (Å²) in [5.41, 5.74) is 1.13. The topological polar surface area (TPSA) is 30.5 Å². The van der Waals surface area contributed by atoms with Crippen LogP contribution in [0, 0.1) is 0 Å². The molecule has 108 valence electrons. The van der Waals surface area contributed by atoms with Crippen molar-refractivity contribution in [2.75, 3.05) is 19.8 Å². The molecule has 0 aliphatic carbocycles. The summed E-state index contributed by atoms with van der Waals surface area (Å²) in [6, 6.07) is 7.90. The third kappa shape index (κ3) is 6.92. The zero-order valence-corrected chi connectivity index (χ0v) is 12.6. The van der Waals surface area contributed by atoms with Crippen molar-refractivity contribution in [1.29, 1.82) is 0 Å². The maximum Gasteiger partial charge on any atom is 0.157 e. The number of benzene rings is 1. The number of halogens is 1. The number of hydrogen-bond donors (Lipinski definition) is 1. The molecule has 0 fully saturated rings. The molecule has 0 amide bonds. The van der Waals surface area contributed by atoms with Crippen molar-refractivity contribution in [2.24, 2.45) is 0 Å². The summed E-state index contributed by atoms with van der Waals surface area (Å²) in [6.45, 7) is 7.09. The summed E-state index contributed by atoms with van der Waals surface area (Å²) in [5, 5.41) is 4.20. The largest absolute Gasteiger partial charge is 0.353 e. The maximum absolute atomic E-state index is 6.09. The fourth-order valence-corrected chi connectivity index (χ4v) is 2.05. The van der Waals surface area contributed by atoms with Crippen LogP contribution in [-0.4, -0.2) is 26.0 Å². The highest BCUT2D eigenvalue weighted by atomic mass is 35.5. The smallest absolute Gasteiger partial charge is 0.157 e. The predicted octanol–water partition coefficient (Wildman–Crippen LogP) is 3.61. The Hall–Kier alpha value is -0.610. The molecular formula is C15H24ClNO2. The summed E-state index contributed by atoms with van der Waals surface area (Å²) >= 11 is 6.09. The van der Waals surface area contributed by atoms with Gasteiger partial charge in [0.25, 0.3) is 0 Å². The fourth-order valence-electron chi connectivity index (χ4n) is 1.85. The van der Waals surface area contributed by atoms with E-state index in [1.165, 1.54) is 0 Å². The lowest BCUT2D eigenvalue weighted by Crippen LogP contribution is -2.21. The molecule has 0 heterocycles. The van der Waals surface area contributed by atoms with Gasteiger partial charge in [-0.3, -0.25) is 0 Å². The minimum Gasteiger partial charge on any atom is -0.353 e. The average molecular weight is 286 g/mol. The predicted molar refractivity (Wildman–Crippen MR) is 79.4 cm³/mol. The molecule has 3 nitrogen and oxygen atoms in total. The van der Waals surface area contributed by atoms with Crippen LogP contribution in [0.1, 0.15) is 32.3 Å². The van der Waals surface area contributed by atoms with E-state index in [0.29, 0.717) is 13.2 Å². The van der Waals surface area contributed by atoms with Crippen molar-refractivity contribution < 1.29 is 9.47 Å². The Labute approximate surface area is 121 Å². The molecule has 0 aliphatic heterocycles. The van der Waals surface area contributed by atoms with Gasteiger partial charge in [0, 0.05) is 24.8 Å². The zero-order valence-electron chi connectivity index (χ0n) is 11.8. The fraction of sp³-hybridized carbons (Fsp3) is 0.600. The van der Waals surface area contributed by atoms with E-state index in [1.807, 2.05) is 38.1 Å². The lowest BCUT2D eigenvalue weighted by molar-refractivity contribution is -0.139. The monoisotopic (exact) mass is 285 g/mol. The second-order valence-electron chi connectivity index (χ2n) is 4.25. The maximum atomic E-state index is 6.09. The van der Waals surface area contributed by atoms with Gasteiger partial charge in [0.2, 0.25) is 0 Å². The van der Waals surface area contributed by atoms with E-state index in [4.69, 9.17) is 21.1 Å². The highest BCUT2D eigenvalue weighted by Crippen LogP contribution is 2.14. The molecule has 0 spiro atoms. The second-order valence-corrected chi connectivity index (χ2v) is 4.66. The summed E-state index contributed by atoms with van der Waals surface area (Å²) in [5.74, 6) is 0. The van der Waals surface area contributed by atoms with Gasteiger partial charge in [-0.1, -0.05) is 29.8 Å². The third-order valence-electron chi connectivity index (χ3n) is 2.77. The Morgan fingerprint density at radius 2 is 1.84 bits per heavy atom. The molecular weight excluding hydrogens is 262 g/mol. The summed E-state index contributed by atoms with van der Waals surface area (Å²) in [4.78, 5) is 0. The van der Waals surface area contributed by atoms with Gasteiger partial charge in [0.1, 0.15) is 0 Å². The van der Waals surface area contributed by atoms with Crippen molar-refractivity contribution in [2.45, 2.75) is 39.5 Å². The van der Waals surface area contributed by atoms with Crippen LogP contribution in [0.3, 0.4) is 0 Å². The molecule has 19 heavy (non-hydrogen) atoms. The first-order chi connectivity index (χ1) is 9.27. The van der Waals surface area contributed by atoms with Crippen LogP contribution in [-0.2, 0) is 16.0 Å². The van der Waals surface area contributed by atoms with Crippen LogP contribution >= 0.6 is 11.6 Å². The molecule has 1 aromatic carbocycles. The molecule has 0 unspecified atom stereocenters. The minimum atomic E-state index is -0.0721. The van der Waals surface area contributed by atoms with Gasteiger partial charge in [-0.05, 0) is 44.9 Å². The van der Waals surface area contributed by atoms with Crippen molar-refractivity contribution in [1.82, 2.24) is 5.32 Å². The minimum absolute atomic E-state index is 0.0721. The van der Waals surface area contributed by atoms with E-state index >= 15 is 0 Å². The lowest BCUT2D eigenvalue weighted by atomic mass is 10.2. The molecule has 1 rings (SSSR count). The Balaban J connectivity index is 2.15. The standard InChI is InChI=1S/C15H24ClNO2/c1-3-18-15(19-4-2)10-7-11-17-12-13-8-5-6-9-14(13)16/h5-6,8-9,15,17H,3-4,7,10-12H2,1-2H3. The molecule has 0 saturated heterocycles. The van der Waals surface area contributed by atoms with Crippen molar-refractivity contribution in [3.05, 3.63) is 34.9 Å². The van der Waals surface area contributed by atoms with Gasteiger partial charge >= 0.3 is 0 Å². The van der Waals surface area contributed by atoms with E-state index in [2.05, 4.69) is 5.32 Å². The van der Waals surface area contributed by atoms with Crippen molar-refractivity contribution in [3.63, 3.8) is 0 Å². The van der Waals surface area contributed by atoms with Crippen LogP contribution in [0.25, 0.3) is 0 Å². The second kappa shape index (κ2) is 10.2. The highest BCUT2D eigenvalue weighted by Gasteiger charge is 2.06. The zero-order chi connectivity index (χ0) is 13.9. The first kappa shape index (κ1) is 16.4. The highest BCUT2D eigenvalue weighted by molar-refractivity contribution is 6.31. The third-order valence-corrected chi connectivity index (χ3v) is 3.14. The van der Waals surface area contributed by atoms with E-state index < -0.39 is 0 Å². The van der Waals surface area contributed by atoms with E-state index in [0.717, 1.165) is 36.5 Å². The molecule has 0 saturated carbocycles. The van der Waals surface area contributed by atoms with Crippen LogP contribution in [0.5, 0.6) is 0 Å². The number of nitrogens with one attached hydrogen (secondary N) is 1. The van der Waals surface area contributed by atoms with Crippen LogP contribution in [0.4, 0.5) is 0 Å². The summed E-state index contributed by atoms with van der Waals surface area (Å²) in [6.07, 6.45) is 1.86. The average Bonchev–Trinajstić information content (AvgIpc) is 2.41. The molecule has 1 aromatic rings. The first-order valence-corrected chi connectivity index (χ1v) is 7.33. The Morgan fingerprint density at radius 1 is 1.16 bits per heavy atom. The van der Waals surface area contributed by atoms with Gasteiger partial charge in [-0.15, -0.1) is 0 Å². The molecule has 0 atom stereocenters. The van der Waals surface area contributed by atoms with Gasteiger partial charge in [0.15, 0.2) is 6.29 Å². The van der Waals surface area contributed by atoms with E-state index in [1.54, 1.807) is 0 Å². The SMILES string of the molecule is CCOC(CCCNCc1ccccc1Cl)OCC. The van der Waals surface area contributed by atoms with Crippen LogP contribution < -0.4 is 5.32 Å². The summed E-state index contributed by atoms with van der Waals surface area (Å²) in [7, 11) is 0. The van der Waals surface area contributed by atoms with Gasteiger partial charge in [-0.2, -0.15) is 0 Å². The first-order valence-electron chi connectivity index (χ1n) is 6.95. The van der Waals surface area contributed by atoms with Crippen LogP contribution in [0.2, 0.25) is 5.02 Å². The summed E-state index contributed by atoms with van der Waals surface area (Å²) < 4.78 is 11.0. The number of hydrogen-bond acceptors (Lipinski definition) is 3. The lowest BCUT2D eigenvalue weighted by Gasteiger charge is -2.16. The Kier molecular flexibility index (Phi) is 8.84. The van der Waals surface area contributed by atoms with Gasteiger partial charge in [0.05, 0.1) is 0 Å². The van der Waals surface area contributed by atoms with E-state index in [9.17, 15) is 0 Å². The van der Waals surface area contributed by atoms with Crippen molar-refractivity contribution in [3.8, 4) is 0 Å². The van der Waals surface area contributed by atoms with E-state index in [-0.39, 0.29) is 6.29 Å². The molecule has 0 aromatic heterocycles. The van der Waals surface area contributed by atoms with Gasteiger partial charge in [-0.25, -0.2) is 0 Å². The molecule has 1 N–H and O–H groups in total. The normalized spacial score (nSPS) is 11.2. The van der Waals surface area contributed by atoms with Crippen LogP contribution in [0.15, 0.2) is 24.3 Å². The molecule has 0 aliphatic rings. The molecule has 0 radical (unpaired) electrons. The molecule has 4 heteroatoms. The Bertz CT molecular complexity index is 341. The quantitative estimate of drug-likeness (QED) is 0.526. The van der Waals surface area contributed by atoms with Gasteiger partial charge < -0.3 is 14.8 Å². The Morgan fingerprint density at radius 3 is 2.47 bits per heavy atom. The number of rotatable bonds is 10. The molecule has 0 bridgehead atoms. The van der Waals surface area contributed by atoms with Crippen molar-refractivity contribution >= 4 is 11.6 Å².